The van der Waals surface area contributed by atoms with E-state index in [1.165, 1.54) is 0 Å². The van der Waals surface area contributed by atoms with Crippen molar-refractivity contribution in [2.45, 2.75) is 91.5 Å². The average molecular weight is 524 g/mol. The minimum Gasteiger partial charge on any atom is -0.444 e. The number of para-hydroxylation sites is 1. The molecule has 206 valence electrons. The summed E-state index contributed by atoms with van der Waals surface area (Å²) in [6.45, 7) is 12.3. The van der Waals surface area contributed by atoms with Crippen LogP contribution in [0.2, 0.25) is 0 Å². The van der Waals surface area contributed by atoms with E-state index in [0.29, 0.717) is 11.3 Å². The summed E-state index contributed by atoms with van der Waals surface area (Å²) < 4.78 is 5.32. The van der Waals surface area contributed by atoms with Crippen LogP contribution < -0.4 is 10.6 Å². The highest BCUT2D eigenvalue weighted by Crippen LogP contribution is 2.35. The van der Waals surface area contributed by atoms with Crippen molar-refractivity contribution in [3.05, 3.63) is 64.2 Å². The quantitative estimate of drug-likeness (QED) is 0.458. The molecule has 3 rings (SSSR count). The molecule has 1 aliphatic carbocycles. The molecule has 0 heterocycles. The molecule has 0 bridgehead atoms. The topological polar surface area (TPSA) is 108 Å². The Bertz CT molecular complexity index is 1140. The molecule has 0 saturated heterocycles. The van der Waals surface area contributed by atoms with Gasteiger partial charge in [0.25, 0.3) is 5.91 Å². The fourth-order valence-electron chi connectivity index (χ4n) is 4.81. The zero-order valence-corrected chi connectivity index (χ0v) is 23.6. The van der Waals surface area contributed by atoms with E-state index in [9.17, 15) is 19.5 Å². The van der Waals surface area contributed by atoms with Crippen molar-refractivity contribution in [3.8, 4) is 0 Å². The largest absolute Gasteiger partial charge is 0.444 e. The van der Waals surface area contributed by atoms with Gasteiger partial charge in [0.05, 0.1) is 6.61 Å². The number of aryl methyl sites for hydroxylation is 4. The van der Waals surface area contributed by atoms with Crippen LogP contribution in [-0.4, -0.2) is 52.2 Å². The first-order valence-corrected chi connectivity index (χ1v) is 13.2. The molecule has 3 N–H and O–H groups in total. The summed E-state index contributed by atoms with van der Waals surface area (Å²) in [5, 5.41) is 15.7. The Morgan fingerprint density at radius 1 is 1.03 bits per heavy atom. The molecule has 0 radical (unpaired) electrons. The van der Waals surface area contributed by atoms with Gasteiger partial charge < -0.3 is 25.4 Å². The summed E-state index contributed by atoms with van der Waals surface area (Å²) in [5.41, 5.74) is 4.39. The van der Waals surface area contributed by atoms with Crippen molar-refractivity contribution in [1.82, 2.24) is 10.2 Å². The third-order valence-electron chi connectivity index (χ3n) is 6.71. The highest BCUT2D eigenvalue weighted by Gasteiger charge is 2.42. The number of amides is 3. The Morgan fingerprint density at radius 3 is 2.08 bits per heavy atom. The van der Waals surface area contributed by atoms with E-state index in [1.807, 2.05) is 64.1 Å². The number of carbonyl (C=O) groups is 3. The van der Waals surface area contributed by atoms with Gasteiger partial charge in [-0.3, -0.25) is 9.59 Å². The van der Waals surface area contributed by atoms with Gasteiger partial charge in [0.2, 0.25) is 5.91 Å². The second-order valence-corrected chi connectivity index (χ2v) is 11.3. The number of alkyl carbamates (subject to hydrolysis) is 1. The molecular formula is C30H41N3O5. The molecule has 1 saturated carbocycles. The van der Waals surface area contributed by atoms with E-state index in [0.717, 1.165) is 41.5 Å². The van der Waals surface area contributed by atoms with Gasteiger partial charge in [0.15, 0.2) is 0 Å². The maximum absolute atomic E-state index is 14.1. The lowest BCUT2D eigenvalue weighted by Crippen LogP contribution is -2.58. The summed E-state index contributed by atoms with van der Waals surface area (Å²) in [6.07, 6.45) is 1.58. The van der Waals surface area contributed by atoms with Crippen LogP contribution in [0.3, 0.4) is 0 Å². The van der Waals surface area contributed by atoms with E-state index in [2.05, 4.69) is 10.6 Å². The van der Waals surface area contributed by atoms with E-state index in [1.54, 1.807) is 25.7 Å². The molecule has 0 aromatic heterocycles. The van der Waals surface area contributed by atoms with Crippen LogP contribution in [0.4, 0.5) is 10.5 Å². The van der Waals surface area contributed by atoms with Crippen LogP contribution in [0.25, 0.3) is 0 Å². The van der Waals surface area contributed by atoms with Crippen LogP contribution in [0.5, 0.6) is 0 Å². The molecule has 2 unspecified atom stereocenters. The fourth-order valence-corrected chi connectivity index (χ4v) is 4.81. The van der Waals surface area contributed by atoms with Crippen LogP contribution in [0.15, 0.2) is 36.4 Å². The second-order valence-electron chi connectivity index (χ2n) is 11.3. The second kappa shape index (κ2) is 12.0. The molecule has 8 nitrogen and oxygen atoms in total. The van der Waals surface area contributed by atoms with Crippen molar-refractivity contribution in [1.29, 1.82) is 0 Å². The molecule has 2 aromatic carbocycles. The van der Waals surface area contributed by atoms with Crippen molar-refractivity contribution in [3.63, 3.8) is 0 Å². The summed E-state index contributed by atoms with van der Waals surface area (Å²) in [6, 6.07) is 9.20. The fraction of sp³-hybridized carbons (Fsp3) is 0.500. The van der Waals surface area contributed by atoms with Crippen molar-refractivity contribution >= 4 is 23.6 Å². The SMILES string of the molecule is Cc1cc(C)cc(C(C(=O)Nc2c(C)cccc2C)N(C(=O)C(CO)NC(=O)OC(C)(C)C)C2CCC2)c1. The zero-order chi connectivity index (χ0) is 28.2. The number of nitrogens with zero attached hydrogens (tertiary/aromatic N) is 1. The molecule has 38 heavy (non-hydrogen) atoms. The molecule has 1 aliphatic rings. The number of aliphatic hydroxyl groups is 1. The molecule has 3 amide bonds. The van der Waals surface area contributed by atoms with Crippen LogP contribution >= 0.6 is 0 Å². The van der Waals surface area contributed by atoms with E-state index in [4.69, 9.17) is 4.74 Å². The lowest BCUT2D eigenvalue weighted by atomic mass is 9.87. The Hall–Kier alpha value is -3.39. The van der Waals surface area contributed by atoms with Crippen molar-refractivity contribution < 1.29 is 24.2 Å². The van der Waals surface area contributed by atoms with Gasteiger partial charge in [-0.2, -0.15) is 0 Å². The van der Waals surface area contributed by atoms with Crippen molar-refractivity contribution in [2.24, 2.45) is 0 Å². The number of hydrogen-bond acceptors (Lipinski definition) is 5. The maximum Gasteiger partial charge on any atom is 0.408 e. The van der Waals surface area contributed by atoms with Gasteiger partial charge in [-0.15, -0.1) is 0 Å². The molecule has 0 aliphatic heterocycles. The summed E-state index contributed by atoms with van der Waals surface area (Å²) in [5.74, 6) is -0.870. The number of nitrogens with one attached hydrogen (secondary N) is 2. The third kappa shape index (κ3) is 7.13. The number of carbonyl (C=O) groups excluding carboxylic acids is 3. The van der Waals surface area contributed by atoms with Gasteiger partial charge >= 0.3 is 6.09 Å². The molecular weight excluding hydrogens is 482 g/mol. The molecule has 8 heteroatoms. The predicted molar refractivity (Wildman–Crippen MR) is 148 cm³/mol. The molecule has 0 spiro atoms. The first-order valence-electron chi connectivity index (χ1n) is 13.2. The Balaban J connectivity index is 2.05. The van der Waals surface area contributed by atoms with Crippen LogP contribution in [0, 0.1) is 27.7 Å². The number of rotatable bonds is 8. The van der Waals surface area contributed by atoms with E-state index >= 15 is 0 Å². The predicted octanol–water partition coefficient (Wildman–Crippen LogP) is 4.87. The number of hydrogen-bond donors (Lipinski definition) is 3. The number of benzene rings is 2. The summed E-state index contributed by atoms with van der Waals surface area (Å²) in [4.78, 5) is 42.1. The highest BCUT2D eigenvalue weighted by atomic mass is 16.6. The van der Waals surface area contributed by atoms with Gasteiger partial charge in [-0.25, -0.2) is 4.79 Å². The average Bonchev–Trinajstić information content (AvgIpc) is 2.76. The molecule has 2 aromatic rings. The number of ether oxygens (including phenoxy) is 1. The molecule has 2 atom stereocenters. The van der Waals surface area contributed by atoms with Gasteiger partial charge in [0.1, 0.15) is 17.7 Å². The first-order chi connectivity index (χ1) is 17.8. The minimum absolute atomic E-state index is 0.202. The van der Waals surface area contributed by atoms with E-state index < -0.39 is 36.3 Å². The van der Waals surface area contributed by atoms with Crippen molar-refractivity contribution in [2.75, 3.05) is 11.9 Å². The minimum atomic E-state index is -1.26. The number of anilines is 1. The highest BCUT2D eigenvalue weighted by molar-refractivity contribution is 6.00. The Labute approximate surface area is 225 Å². The van der Waals surface area contributed by atoms with Gasteiger partial charge in [0, 0.05) is 11.7 Å². The summed E-state index contributed by atoms with van der Waals surface area (Å²) in [7, 11) is 0. The van der Waals surface area contributed by atoms with Gasteiger partial charge in [-0.1, -0.05) is 47.5 Å². The smallest absolute Gasteiger partial charge is 0.408 e. The number of aliphatic hydroxyl groups excluding tert-OH is 1. The molecule has 1 fully saturated rings. The van der Waals surface area contributed by atoms with Crippen LogP contribution in [-0.2, 0) is 14.3 Å². The van der Waals surface area contributed by atoms with Crippen LogP contribution in [0.1, 0.15) is 73.9 Å². The maximum atomic E-state index is 14.1. The normalized spacial score (nSPS) is 15.2. The first kappa shape index (κ1) is 29.2. The Morgan fingerprint density at radius 2 is 1.61 bits per heavy atom. The summed E-state index contributed by atoms with van der Waals surface area (Å²) >= 11 is 0. The standard InChI is InChI=1S/C30H41N3O5/c1-18-14-19(2)16-22(15-18)26(27(35)32-25-20(3)10-8-11-21(25)4)33(23-12-9-13-23)28(36)24(17-34)31-29(37)38-30(5,6)7/h8,10-11,14-16,23-24,26,34H,9,12-13,17H2,1-7H3,(H,31,37)(H,32,35). The lowest BCUT2D eigenvalue weighted by molar-refractivity contribution is -0.146. The van der Waals surface area contributed by atoms with E-state index in [-0.39, 0.29) is 11.9 Å². The Kier molecular flexibility index (Phi) is 9.20. The van der Waals surface area contributed by atoms with Gasteiger partial charge in [-0.05, 0) is 84.4 Å². The zero-order valence-electron chi connectivity index (χ0n) is 23.6. The monoisotopic (exact) mass is 523 g/mol. The lowest BCUT2D eigenvalue weighted by Gasteiger charge is -2.43. The third-order valence-corrected chi connectivity index (χ3v) is 6.71.